The molecule has 0 saturated heterocycles. The Hall–Kier alpha value is -2.26. The van der Waals surface area contributed by atoms with Crippen LogP contribution in [0.1, 0.15) is 30.4 Å². The van der Waals surface area contributed by atoms with Gasteiger partial charge in [-0.1, -0.05) is 60.7 Å². The molecule has 0 unspecified atom stereocenters. The van der Waals surface area contributed by atoms with Crippen LogP contribution < -0.4 is 0 Å². The van der Waals surface area contributed by atoms with Crippen molar-refractivity contribution in [3.8, 4) is 0 Å². The van der Waals surface area contributed by atoms with Crippen molar-refractivity contribution in [1.29, 1.82) is 0 Å². The normalized spacial score (nSPS) is 21.3. The molecule has 0 aliphatic carbocycles. The van der Waals surface area contributed by atoms with E-state index in [4.69, 9.17) is 4.74 Å². The van der Waals surface area contributed by atoms with Crippen molar-refractivity contribution in [2.75, 3.05) is 6.61 Å². The molecule has 0 amide bonds. The van der Waals surface area contributed by atoms with Crippen LogP contribution in [0.15, 0.2) is 72.4 Å². The van der Waals surface area contributed by atoms with E-state index in [9.17, 15) is 26.2 Å². The van der Waals surface area contributed by atoms with E-state index in [0.29, 0.717) is 5.56 Å². The van der Waals surface area contributed by atoms with Gasteiger partial charge in [-0.15, -0.1) is 0 Å². The van der Waals surface area contributed by atoms with Crippen LogP contribution in [-0.2, 0) is 21.0 Å². The molecule has 162 valence electrons. The summed E-state index contributed by atoms with van der Waals surface area (Å²) in [5, 5.41) is -4.04. The van der Waals surface area contributed by atoms with E-state index in [0.717, 1.165) is 18.2 Å². The Balaban J connectivity index is 2.08. The average molecular weight is 445 g/mol. The van der Waals surface area contributed by atoms with E-state index in [1.807, 2.05) is 0 Å². The Morgan fingerprint density at radius 3 is 2.10 bits per heavy atom. The number of allylic oxidation sites excluding steroid dienone is 2. The zero-order chi connectivity index (χ0) is 21.9. The Morgan fingerprint density at radius 2 is 1.57 bits per heavy atom. The molecule has 3 nitrogen and oxygen atoms in total. The zero-order valence-corrected chi connectivity index (χ0v) is 16.8. The van der Waals surface area contributed by atoms with E-state index in [-0.39, 0.29) is 17.3 Å². The number of alkyl halides is 5. The first kappa shape index (κ1) is 22.4. The largest absolute Gasteiger partial charge is 0.431 e. The average Bonchev–Trinajstić information content (AvgIpc) is 2.73. The van der Waals surface area contributed by atoms with Crippen LogP contribution in [0.5, 0.6) is 0 Å². The fourth-order valence-electron chi connectivity index (χ4n) is 3.33. The summed E-state index contributed by atoms with van der Waals surface area (Å²) in [7, 11) is -3.36. The molecule has 0 spiro atoms. The summed E-state index contributed by atoms with van der Waals surface area (Å²) in [5.74, 6) is -0.724. The molecule has 2 aromatic carbocycles. The van der Waals surface area contributed by atoms with Crippen molar-refractivity contribution in [3.05, 3.63) is 83.6 Å². The molecule has 1 aliphatic rings. The quantitative estimate of drug-likeness (QED) is 0.534. The van der Waals surface area contributed by atoms with Crippen molar-refractivity contribution < 1.29 is 30.9 Å². The van der Waals surface area contributed by atoms with Gasteiger partial charge in [0.25, 0.3) is 0 Å². The van der Waals surface area contributed by atoms with Gasteiger partial charge in [0.1, 0.15) is 11.9 Å². The lowest BCUT2D eigenvalue weighted by molar-refractivity contribution is -0.126. The first-order valence-electron chi connectivity index (χ1n) is 9.26. The highest BCUT2D eigenvalue weighted by Gasteiger charge is 2.53. The first-order valence-corrected chi connectivity index (χ1v) is 10.4. The van der Waals surface area contributed by atoms with Gasteiger partial charge in [0, 0.05) is 24.5 Å². The molecule has 0 bridgehead atoms. The van der Waals surface area contributed by atoms with Gasteiger partial charge < -0.3 is 4.74 Å². The Kier molecular flexibility index (Phi) is 6.62. The van der Waals surface area contributed by atoms with E-state index in [2.05, 4.69) is 0 Å². The Labute approximate surface area is 173 Å². The summed E-state index contributed by atoms with van der Waals surface area (Å²) < 4.78 is 90.0. The first-order chi connectivity index (χ1) is 14.2. The molecule has 0 N–H and O–H groups in total. The van der Waals surface area contributed by atoms with Gasteiger partial charge in [-0.2, -0.15) is 22.0 Å². The van der Waals surface area contributed by atoms with Crippen molar-refractivity contribution >= 4 is 11.0 Å². The predicted molar refractivity (Wildman–Crippen MR) is 104 cm³/mol. The standard InChI is InChI=1S/C21H20F5NO2S/c1-2-29-19-14-16(15-9-5-3-6-10-15)13-18(20(22,23)24)27(19)30(28)21(25,26)17-11-7-4-8-12-17/h3-13,16,19H,2,14H2,1H3/t16-,19-,30-/m0/s1. The summed E-state index contributed by atoms with van der Waals surface area (Å²) in [6, 6.07) is 14.6. The van der Waals surface area contributed by atoms with Crippen molar-refractivity contribution in [3.63, 3.8) is 0 Å². The fraction of sp³-hybridized carbons (Fsp3) is 0.333. The lowest BCUT2D eigenvalue weighted by Gasteiger charge is -2.41. The van der Waals surface area contributed by atoms with Crippen molar-refractivity contribution in [2.45, 2.75) is 36.9 Å². The van der Waals surface area contributed by atoms with E-state index in [1.165, 1.54) is 18.2 Å². The maximum Gasteiger partial charge on any atom is 0.431 e. The van der Waals surface area contributed by atoms with Crippen LogP contribution in [0, 0.1) is 0 Å². The predicted octanol–water partition coefficient (Wildman–Crippen LogP) is 5.70. The van der Waals surface area contributed by atoms with Crippen LogP contribution >= 0.6 is 0 Å². The number of hydrogen-bond acceptors (Lipinski definition) is 2. The molecule has 0 fully saturated rings. The van der Waals surface area contributed by atoms with Gasteiger partial charge in [0.2, 0.25) is 0 Å². The van der Waals surface area contributed by atoms with E-state index >= 15 is 0 Å². The maximum absolute atomic E-state index is 14.9. The third kappa shape index (κ3) is 4.57. The smallest absolute Gasteiger partial charge is 0.358 e. The van der Waals surface area contributed by atoms with Crippen molar-refractivity contribution in [1.82, 2.24) is 4.31 Å². The SMILES string of the molecule is CCO[C@H]1C[C@@H](c2ccccc2)C=C(C(F)(F)F)N1[S@@](=O)C(F)(F)c1ccccc1. The van der Waals surface area contributed by atoms with E-state index < -0.39 is 45.8 Å². The minimum Gasteiger partial charge on any atom is -0.358 e. The van der Waals surface area contributed by atoms with Crippen LogP contribution in [-0.4, -0.2) is 27.5 Å². The number of halogens is 5. The second-order valence-electron chi connectivity index (χ2n) is 6.67. The number of hydrogen-bond donors (Lipinski definition) is 0. The summed E-state index contributed by atoms with van der Waals surface area (Å²) >= 11 is 0. The summed E-state index contributed by atoms with van der Waals surface area (Å²) in [4.78, 5) is 0. The second kappa shape index (κ2) is 8.85. The second-order valence-corrected chi connectivity index (χ2v) is 8.07. The zero-order valence-electron chi connectivity index (χ0n) is 16.0. The topological polar surface area (TPSA) is 29.5 Å². The monoisotopic (exact) mass is 445 g/mol. The van der Waals surface area contributed by atoms with Gasteiger partial charge in [0.05, 0.1) is 0 Å². The van der Waals surface area contributed by atoms with Gasteiger partial charge >= 0.3 is 11.4 Å². The summed E-state index contributed by atoms with van der Waals surface area (Å²) in [5.41, 5.74) is -1.44. The molecule has 0 saturated carbocycles. The highest BCUT2D eigenvalue weighted by molar-refractivity contribution is 7.83. The Morgan fingerprint density at radius 1 is 1.00 bits per heavy atom. The van der Waals surface area contributed by atoms with Gasteiger partial charge in [-0.05, 0) is 18.6 Å². The number of rotatable bonds is 6. The molecule has 1 aliphatic heterocycles. The molecular weight excluding hydrogens is 425 g/mol. The third-order valence-electron chi connectivity index (χ3n) is 4.70. The summed E-state index contributed by atoms with van der Waals surface area (Å²) in [6.07, 6.45) is -5.62. The lowest BCUT2D eigenvalue weighted by Crippen LogP contribution is -2.49. The minimum absolute atomic E-state index is 0.0259. The Bertz CT molecular complexity index is 903. The molecule has 2 aromatic rings. The van der Waals surface area contributed by atoms with E-state index in [1.54, 1.807) is 37.3 Å². The highest BCUT2D eigenvalue weighted by Crippen LogP contribution is 2.45. The highest BCUT2D eigenvalue weighted by atomic mass is 32.2. The van der Waals surface area contributed by atoms with Crippen molar-refractivity contribution in [2.24, 2.45) is 0 Å². The van der Waals surface area contributed by atoms with Crippen LogP contribution in [0.3, 0.4) is 0 Å². The maximum atomic E-state index is 14.9. The fourth-order valence-corrected chi connectivity index (χ4v) is 4.62. The van der Waals surface area contributed by atoms with Gasteiger partial charge in [-0.3, -0.25) is 4.31 Å². The van der Waals surface area contributed by atoms with Gasteiger partial charge in [-0.25, -0.2) is 4.21 Å². The molecule has 0 aromatic heterocycles. The van der Waals surface area contributed by atoms with Crippen LogP contribution in [0.4, 0.5) is 22.0 Å². The van der Waals surface area contributed by atoms with Gasteiger partial charge in [0.15, 0.2) is 11.0 Å². The molecule has 30 heavy (non-hydrogen) atoms. The third-order valence-corrected chi connectivity index (χ3v) is 6.16. The van der Waals surface area contributed by atoms with Crippen LogP contribution in [0.25, 0.3) is 0 Å². The summed E-state index contributed by atoms with van der Waals surface area (Å²) in [6.45, 7) is 1.52. The number of nitrogens with zero attached hydrogens (tertiary/aromatic N) is 1. The molecule has 9 heteroatoms. The molecule has 3 rings (SSSR count). The number of ether oxygens (including phenoxy) is 1. The molecule has 3 atom stereocenters. The number of benzene rings is 2. The van der Waals surface area contributed by atoms with Crippen LogP contribution in [0.2, 0.25) is 0 Å². The molecular formula is C21H20F5NO2S. The molecule has 0 radical (unpaired) electrons. The lowest BCUT2D eigenvalue weighted by atomic mass is 9.91. The molecule has 1 heterocycles. The minimum atomic E-state index is -4.99.